The molecule has 0 spiro atoms. The molecule has 39 heavy (non-hydrogen) atoms. The van der Waals surface area contributed by atoms with E-state index in [-0.39, 0.29) is 4.90 Å². The molecule has 5 nitrogen and oxygen atoms in total. The fourth-order valence-electron chi connectivity index (χ4n) is 6.23. The van der Waals surface area contributed by atoms with Gasteiger partial charge in [0.1, 0.15) is 0 Å². The van der Waals surface area contributed by atoms with Gasteiger partial charge in [-0.25, -0.2) is 8.42 Å². The lowest BCUT2D eigenvalue weighted by atomic mass is 9.90. The van der Waals surface area contributed by atoms with E-state index in [1.807, 2.05) is 81.4 Å². The van der Waals surface area contributed by atoms with Crippen molar-refractivity contribution in [3.05, 3.63) is 95.1 Å². The second-order valence-corrected chi connectivity index (χ2v) is 14.3. The number of sulfonamides is 1. The number of carboxylic acids is 1. The lowest BCUT2D eigenvalue weighted by Gasteiger charge is -2.32. The van der Waals surface area contributed by atoms with Crippen molar-refractivity contribution in [3.63, 3.8) is 0 Å². The van der Waals surface area contributed by atoms with Crippen molar-refractivity contribution in [2.24, 2.45) is 11.8 Å². The SMILES string of the molecule is Cc1ccc(S[C@H]2[C@@H](C(=O)O)[C@H](c3ccc(C)cc3)N(S(=O)(=O)c3ccc(C)cc3)[C@@H]2CC2CCCC2)cc1. The van der Waals surface area contributed by atoms with Crippen LogP contribution in [-0.2, 0) is 14.8 Å². The number of carbonyl (C=O) groups is 1. The monoisotopic (exact) mass is 563 g/mol. The molecule has 1 N–H and O–H groups in total. The van der Waals surface area contributed by atoms with Crippen LogP contribution >= 0.6 is 11.8 Å². The van der Waals surface area contributed by atoms with E-state index in [0.29, 0.717) is 12.3 Å². The molecule has 2 fully saturated rings. The summed E-state index contributed by atoms with van der Waals surface area (Å²) in [4.78, 5) is 14.3. The van der Waals surface area contributed by atoms with Crippen molar-refractivity contribution in [2.75, 3.05) is 0 Å². The molecule has 1 saturated carbocycles. The summed E-state index contributed by atoms with van der Waals surface area (Å²) < 4.78 is 30.6. The van der Waals surface area contributed by atoms with E-state index in [4.69, 9.17) is 0 Å². The summed E-state index contributed by atoms with van der Waals surface area (Å²) in [6, 6.07) is 21.4. The Balaban J connectivity index is 1.69. The minimum atomic E-state index is -4.00. The summed E-state index contributed by atoms with van der Waals surface area (Å²) in [5, 5.41) is 10.3. The quantitative estimate of drug-likeness (QED) is 0.315. The first-order valence-corrected chi connectivity index (χ1v) is 16.1. The van der Waals surface area contributed by atoms with Crippen molar-refractivity contribution in [1.82, 2.24) is 4.31 Å². The van der Waals surface area contributed by atoms with E-state index >= 15 is 0 Å². The molecule has 7 heteroatoms. The van der Waals surface area contributed by atoms with Gasteiger partial charge in [-0.1, -0.05) is 90.9 Å². The zero-order chi connectivity index (χ0) is 27.7. The minimum Gasteiger partial charge on any atom is -0.481 e. The third-order valence-electron chi connectivity index (χ3n) is 8.32. The van der Waals surface area contributed by atoms with Crippen LogP contribution in [0.3, 0.4) is 0 Å². The first-order chi connectivity index (χ1) is 18.6. The number of benzene rings is 3. The van der Waals surface area contributed by atoms with Crippen LogP contribution in [0.2, 0.25) is 0 Å². The normalized spacial score (nSPS) is 24.3. The highest BCUT2D eigenvalue weighted by Crippen LogP contribution is 2.53. The third kappa shape index (κ3) is 5.81. The van der Waals surface area contributed by atoms with E-state index < -0.39 is 39.2 Å². The lowest BCUT2D eigenvalue weighted by Crippen LogP contribution is -2.41. The maximum atomic E-state index is 14.5. The van der Waals surface area contributed by atoms with E-state index in [0.717, 1.165) is 52.8 Å². The summed E-state index contributed by atoms with van der Waals surface area (Å²) in [5.41, 5.74) is 3.88. The van der Waals surface area contributed by atoms with Crippen LogP contribution < -0.4 is 0 Å². The maximum Gasteiger partial charge on any atom is 0.309 e. The highest BCUT2D eigenvalue weighted by Gasteiger charge is 2.57. The Morgan fingerprint density at radius 3 is 1.90 bits per heavy atom. The van der Waals surface area contributed by atoms with Gasteiger partial charge in [-0.15, -0.1) is 11.8 Å². The Hall–Kier alpha value is -2.61. The molecule has 0 aromatic heterocycles. The van der Waals surface area contributed by atoms with Gasteiger partial charge < -0.3 is 5.11 Å². The number of aliphatic carboxylic acids is 1. The van der Waals surface area contributed by atoms with Crippen LogP contribution in [0.1, 0.15) is 60.4 Å². The molecule has 4 atom stereocenters. The predicted octanol–water partition coefficient (Wildman–Crippen LogP) is 7.17. The lowest BCUT2D eigenvalue weighted by molar-refractivity contribution is -0.142. The molecule has 5 rings (SSSR count). The highest BCUT2D eigenvalue weighted by molar-refractivity contribution is 8.00. The van der Waals surface area contributed by atoms with Gasteiger partial charge in [-0.05, 0) is 62.9 Å². The molecule has 206 valence electrons. The van der Waals surface area contributed by atoms with Crippen LogP contribution in [0.4, 0.5) is 0 Å². The fourth-order valence-corrected chi connectivity index (χ4v) is 9.58. The molecule has 3 aromatic rings. The molecule has 0 amide bonds. The first kappa shape index (κ1) is 27.9. The summed E-state index contributed by atoms with van der Waals surface area (Å²) in [5.74, 6) is -1.47. The smallest absolute Gasteiger partial charge is 0.309 e. The van der Waals surface area contributed by atoms with E-state index in [9.17, 15) is 18.3 Å². The second-order valence-electron chi connectivity index (χ2n) is 11.2. The Kier molecular flexibility index (Phi) is 8.22. The molecule has 1 aliphatic heterocycles. The third-order valence-corrected chi connectivity index (χ3v) is 11.7. The summed E-state index contributed by atoms with van der Waals surface area (Å²) >= 11 is 1.52. The Bertz CT molecular complexity index is 1400. The molecular formula is C32H37NO4S2. The number of nitrogens with zero attached hydrogens (tertiary/aromatic N) is 1. The number of hydrogen-bond acceptors (Lipinski definition) is 4. The molecule has 0 radical (unpaired) electrons. The summed E-state index contributed by atoms with van der Waals surface area (Å²) in [7, 11) is -4.00. The van der Waals surface area contributed by atoms with Crippen molar-refractivity contribution < 1.29 is 18.3 Å². The number of hydrogen-bond donors (Lipinski definition) is 1. The van der Waals surface area contributed by atoms with E-state index in [1.54, 1.807) is 16.4 Å². The van der Waals surface area contributed by atoms with Crippen LogP contribution in [0.5, 0.6) is 0 Å². The first-order valence-electron chi connectivity index (χ1n) is 13.8. The molecule has 3 aromatic carbocycles. The number of aryl methyl sites for hydroxylation is 3. The van der Waals surface area contributed by atoms with Crippen LogP contribution in [0.25, 0.3) is 0 Å². The van der Waals surface area contributed by atoms with Gasteiger partial charge in [0.15, 0.2) is 0 Å². The van der Waals surface area contributed by atoms with Crippen molar-refractivity contribution in [3.8, 4) is 0 Å². The Morgan fingerprint density at radius 2 is 1.36 bits per heavy atom. The summed E-state index contributed by atoms with van der Waals surface area (Å²) in [6.45, 7) is 5.93. The van der Waals surface area contributed by atoms with Gasteiger partial charge in [-0.2, -0.15) is 4.31 Å². The molecule has 0 unspecified atom stereocenters. The molecule has 1 heterocycles. The van der Waals surface area contributed by atoms with Crippen LogP contribution in [0.15, 0.2) is 82.6 Å². The van der Waals surface area contributed by atoms with Crippen LogP contribution in [-0.4, -0.2) is 35.1 Å². The molecule has 0 bridgehead atoms. The zero-order valence-corrected chi connectivity index (χ0v) is 24.4. The fraction of sp³-hybridized carbons (Fsp3) is 0.406. The molecule has 1 aliphatic carbocycles. The zero-order valence-electron chi connectivity index (χ0n) is 22.8. The number of carboxylic acid groups (broad SMARTS) is 1. The maximum absolute atomic E-state index is 14.5. The van der Waals surface area contributed by atoms with E-state index in [2.05, 4.69) is 0 Å². The molecule has 1 saturated heterocycles. The van der Waals surface area contributed by atoms with Gasteiger partial charge in [0, 0.05) is 16.2 Å². The van der Waals surface area contributed by atoms with Crippen LogP contribution in [0, 0.1) is 32.6 Å². The van der Waals surface area contributed by atoms with Crippen molar-refractivity contribution >= 4 is 27.8 Å². The van der Waals surface area contributed by atoms with Gasteiger partial charge in [0.25, 0.3) is 0 Å². The largest absolute Gasteiger partial charge is 0.481 e. The Labute approximate surface area is 236 Å². The second kappa shape index (κ2) is 11.5. The standard InChI is InChI=1S/C32H37NO4S2/c1-21-8-14-25(15-9-21)30-29(32(34)35)31(38-26-16-10-22(2)11-17-26)28(20-24-6-4-5-7-24)33(30)39(36,37)27-18-12-23(3)13-19-27/h8-19,24,28-31H,4-7,20H2,1-3H3,(H,34,35)/t28-,29+,30+,31-/m1/s1. The molecular weight excluding hydrogens is 526 g/mol. The molecule has 2 aliphatic rings. The average Bonchev–Trinajstić information content (AvgIpc) is 3.53. The van der Waals surface area contributed by atoms with Crippen molar-refractivity contribution in [2.45, 2.75) is 80.0 Å². The van der Waals surface area contributed by atoms with Gasteiger partial charge in [-0.3, -0.25) is 4.79 Å². The minimum absolute atomic E-state index is 0.215. The number of rotatable bonds is 8. The van der Waals surface area contributed by atoms with Crippen molar-refractivity contribution in [1.29, 1.82) is 0 Å². The topological polar surface area (TPSA) is 74.7 Å². The van der Waals surface area contributed by atoms with E-state index in [1.165, 1.54) is 11.8 Å². The predicted molar refractivity (Wildman–Crippen MR) is 156 cm³/mol. The number of thioether (sulfide) groups is 1. The highest BCUT2D eigenvalue weighted by atomic mass is 32.2. The summed E-state index contributed by atoms with van der Waals surface area (Å²) in [6.07, 6.45) is 5.07. The van der Waals surface area contributed by atoms with Gasteiger partial charge in [0.05, 0.1) is 16.9 Å². The average molecular weight is 564 g/mol. The van der Waals surface area contributed by atoms with Gasteiger partial charge >= 0.3 is 5.97 Å². The Morgan fingerprint density at radius 1 is 0.846 bits per heavy atom. The van der Waals surface area contributed by atoms with Gasteiger partial charge in [0.2, 0.25) is 10.0 Å².